The van der Waals surface area contributed by atoms with E-state index in [1.54, 1.807) is 23.1 Å². The van der Waals surface area contributed by atoms with Gasteiger partial charge in [-0.05, 0) is 40.3 Å². The van der Waals surface area contributed by atoms with E-state index in [0.29, 0.717) is 23.1 Å². The minimum absolute atomic E-state index is 0.135. The van der Waals surface area contributed by atoms with Gasteiger partial charge in [-0.15, -0.1) is 0 Å². The SMILES string of the molecule is CC(C)c1ccc(C(C(=O)Nc2ccc3c(c2)OCO3)N(Cc2ccccc2)C(=O)Cc2ccccc2)cc1. The second kappa shape index (κ2) is 11.9. The third-order valence-corrected chi connectivity index (χ3v) is 6.83. The highest BCUT2D eigenvalue weighted by Gasteiger charge is 2.32. The van der Waals surface area contributed by atoms with Crippen molar-refractivity contribution in [1.29, 1.82) is 0 Å². The summed E-state index contributed by atoms with van der Waals surface area (Å²) >= 11 is 0. The van der Waals surface area contributed by atoms with Crippen molar-refractivity contribution in [2.45, 2.75) is 38.8 Å². The zero-order valence-electron chi connectivity index (χ0n) is 22.2. The van der Waals surface area contributed by atoms with Crippen LogP contribution in [0, 0.1) is 0 Å². The maximum atomic E-state index is 14.0. The van der Waals surface area contributed by atoms with E-state index in [0.717, 1.165) is 16.7 Å². The highest BCUT2D eigenvalue weighted by Crippen LogP contribution is 2.35. The van der Waals surface area contributed by atoms with Gasteiger partial charge in [0.15, 0.2) is 11.5 Å². The smallest absolute Gasteiger partial charge is 0.251 e. The molecule has 39 heavy (non-hydrogen) atoms. The molecule has 0 fully saturated rings. The molecule has 6 heteroatoms. The molecule has 0 saturated carbocycles. The van der Waals surface area contributed by atoms with Crippen LogP contribution in [0.4, 0.5) is 5.69 Å². The molecule has 198 valence electrons. The van der Waals surface area contributed by atoms with Gasteiger partial charge in [0.1, 0.15) is 6.04 Å². The molecule has 1 aliphatic rings. The monoisotopic (exact) mass is 520 g/mol. The minimum atomic E-state index is -0.854. The fraction of sp³-hybridized carbons (Fsp3) is 0.212. The molecule has 6 nitrogen and oxygen atoms in total. The number of benzene rings is 4. The Hall–Kier alpha value is -4.58. The van der Waals surface area contributed by atoms with Gasteiger partial charge in [-0.1, -0.05) is 98.8 Å². The molecule has 5 rings (SSSR count). The molecule has 4 aromatic rings. The number of hydrogen-bond donors (Lipinski definition) is 1. The quantitative estimate of drug-likeness (QED) is 0.274. The molecule has 1 N–H and O–H groups in total. The van der Waals surface area contributed by atoms with Crippen molar-refractivity contribution < 1.29 is 19.1 Å². The Kier molecular flexibility index (Phi) is 7.92. The van der Waals surface area contributed by atoms with Crippen LogP contribution in [0.5, 0.6) is 11.5 Å². The predicted molar refractivity (Wildman–Crippen MR) is 152 cm³/mol. The number of amides is 2. The number of rotatable bonds is 9. The van der Waals surface area contributed by atoms with Gasteiger partial charge >= 0.3 is 0 Å². The molecule has 1 aliphatic heterocycles. The largest absolute Gasteiger partial charge is 0.454 e. The molecule has 0 aromatic heterocycles. The van der Waals surface area contributed by atoms with Crippen LogP contribution >= 0.6 is 0 Å². The van der Waals surface area contributed by atoms with Crippen LogP contribution in [0.3, 0.4) is 0 Å². The lowest BCUT2D eigenvalue weighted by Gasteiger charge is -2.32. The van der Waals surface area contributed by atoms with Gasteiger partial charge in [-0.2, -0.15) is 0 Å². The third kappa shape index (κ3) is 6.29. The minimum Gasteiger partial charge on any atom is -0.454 e. The summed E-state index contributed by atoms with van der Waals surface area (Å²) in [5.74, 6) is 1.12. The van der Waals surface area contributed by atoms with Crippen molar-refractivity contribution in [3.63, 3.8) is 0 Å². The van der Waals surface area contributed by atoms with Gasteiger partial charge in [0.2, 0.25) is 12.7 Å². The van der Waals surface area contributed by atoms with E-state index in [9.17, 15) is 9.59 Å². The fourth-order valence-corrected chi connectivity index (χ4v) is 4.70. The molecule has 0 radical (unpaired) electrons. The van der Waals surface area contributed by atoms with Crippen LogP contribution in [0.25, 0.3) is 0 Å². The van der Waals surface area contributed by atoms with Crippen LogP contribution in [-0.4, -0.2) is 23.5 Å². The number of carbonyl (C=O) groups is 2. The Bertz CT molecular complexity index is 1420. The second-order valence-corrected chi connectivity index (χ2v) is 9.95. The number of carbonyl (C=O) groups excluding carboxylic acids is 2. The number of nitrogens with one attached hydrogen (secondary N) is 1. The average molecular weight is 521 g/mol. The van der Waals surface area contributed by atoms with E-state index in [4.69, 9.17) is 9.47 Å². The number of hydrogen-bond acceptors (Lipinski definition) is 4. The van der Waals surface area contributed by atoms with Gasteiger partial charge in [0.05, 0.1) is 6.42 Å². The average Bonchev–Trinajstić information content (AvgIpc) is 3.42. The molecule has 0 saturated heterocycles. The Morgan fingerprint density at radius 3 is 2.05 bits per heavy atom. The van der Waals surface area contributed by atoms with Gasteiger partial charge in [-0.25, -0.2) is 0 Å². The van der Waals surface area contributed by atoms with Crippen molar-refractivity contribution in [2.75, 3.05) is 12.1 Å². The number of anilines is 1. The Labute approximate surface area is 229 Å². The van der Waals surface area contributed by atoms with Gasteiger partial charge < -0.3 is 19.7 Å². The zero-order chi connectivity index (χ0) is 27.2. The molecule has 1 unspecified atom stereocenters. The van der Waals surface area contributed by atoms with Gasteiger partial charge in [0, 0.05) is 18.3 Å². The molecule has 0 aliphatic carbocycles. The summed E-state index contributed by atoms with van der Waals surface area (Å²) in [4.78, 5) is 29.6. The van der Waals surface area contributed by atoms with Crippen molar-refractivity contribution in [3.8, 4) is 11.5 Å². The van der Waals surface area contributed by atoms with E-state index in [2.05, 4.69) is 19.2 Å². The molecular weight excluding hydrogens is 488 g/mol. The molecular formula is C33H32N2O4. The number of nitrogens with zero attached hydrogens (tertiary/aromatic N) is 1. The van der Waals surface area contributed by atoms with Crippen molar-refractivity contribution in [1.82, 2.24) is 4.90 Å². The first-order valence-corrected chi connectivity index (χ1v) is 13.2. The number of ether oxygens (including phenoxy) is 2. The Balaban J connectivity index is 1.52. The summed E-state index contributed by atoms with van der Waals surface area (Å²) in [5.41, 5.74) is 4.32. The Morgan fingerprint density at radius 2 is 1.38 bits per heavy atom. The Morgan fingerprint density at radius 1 is 0.769 bits per heavy atom. The van der Waals surface area contributed by atoms with Crippen molar-refractivity contribution >= 4 is 17.5 Å². The van der Waals surface area contributed by atoms with Crippen LogP contribution in [-0.2, 0) is 22.6 Å². The molecule has 0 bridgehead atoms. The third-order valence-electron chi connectivity index (χ3n) is 6.83. The van der Waals surface area contributed by atoms with Gasteiger partial charge in [0.25, 0.3) is 5.91 Å². The summed E-state index contributed by atoms with van der Waals surface area (Å²) in [6, 6.07) is 31.8. The molecule has 1 atom stereocenters. The van der Waals surface area contributed by atoms with E-state index in [-0.39, 0.29) is 31.6 Å². The summed E-state index contributed by atoms with van der Waals surface area (Å²) in [6.07, 6.45) is 0.186. The standard InChI is InChI=1S/C33H32N2O4/c1-23(2)26-13-15-27(16-14-26)32(33(37)34-28-17-18-29-30(20-28)39-22-38-29)35(21-25-11-7-4-8-12-25)31(36)19-24-9-5-3-6-10-24/h3-18,20,23,32H,19,21-22H2,1-2H3,(H,34,37). The molecule has 0 spiro atoms. The molecule has 1 heterocycles. The maximum absolute atomic E-state index is 14.0. The molecule has 2 amide bonds. The van der Waals surface area contributed by atoms with Crippen LogP contribution in [0.1, 0.15) is 48.1 Å². The topological polar surface area (TPSA) is 67.9 Å². The first-order chi connectivity index (χ1) is 19.0. The fourth-order valence-electron chi connectivity index (χ4n) is 4.70. The highest BCUT2D eigenvalue weighted by atomic mass is 16.7. The lowest BCUT2D eigenvalue weighted by atomic mass is 9.97. The zero-order valence-corrected chi connectivity index (χ0v) is 22.2. The predicted octanol–water partition coefficient (Wildman–Crippen LogP) is 6.49. The lowest BCUT2D eigenvalue weighted by molar-refractivity contribution is -0.139. The number of fused-ring (bicyclic) bond motifs is 1. The summed E-state index contributed by atoms with van der Waals surface area (Å²) in [7, 11) is 0. The van der Waals surface area contributed by atoms with E-state index >= 15 is 0 Å². The van der Waals surface area contributed by atoms with Gasteiger partial charge in [-0.3, -0.25) is 9.59 Å². The van der Waals surface area contributed by atoms with Crippen LogP contribution in [0.15, 0.2) is 103 Å². The first-order valence-electron chi connectivity index (χ1n) is 13.2. The second-order valence-electron chi connectivity index (χ2n) is 9.95. The normalized spacial score (nSPS) is 12.7. The van der Waals surface area contributed by atoms with E-state index in [1.807, 2.05) is 84.9 Å². The maximum Gasteiger partial charge on any atom is 0.251 e. The van der Waals surface area contributed by atoms with E-state index in [1.165, 1.54) is 5.56 Å². The summed E-state index contributed by atoms with van der Waals surface area (Å²) < 4.78 is 10.9. The van der Waals surface area contributed by atoms with Crippen LogP contribution < -0.4 is 14.8 Å². The summed E-state index contributed by atoms with van der Waals surface area (Å²) in [5, 5.41) is 3.02. The van der Waals surface area contributed by atoms with Crippen molar-refractivity contribution in [2.24, 2.45) is 0 Å². The molecule has 4 aromatic carbocycles. The van der Waals surface area contributed by atoms with Crippen molar-refractivity contribution in [3.05, 3.63) is 125 Å². The van der Waals surface area contributed by atoms with Crippen LogP contribution in [0.2, 0.25) is 0 Å². The first kappa shape index (κ1) is 26.0. The summed E-state index contributed by atoms with van der Waals surface area (Å²) in [6.45, 7) is 4.70. The van der Waals surface area contributed by atoms with E-state index < -0.39 is 6.04 Å². The lowest BCUT2D eigenvalue weighted by Crippen LogP contribution is -2.41. The highest BCUT2D eigenvalue weighted by molar-refractivity contribution is 5.98.